The van der Waals surface area contributed by atoms with Gasteiger partial charge in [0.25, 0.3) is 0 Å². The second kappa shape index (κ2) is 4.37. The first-order valence-electron chi connectivity index (χ1n) is 1.90. The Morgan fingerprint density at radius 3 is 2.20 bits per heavy atom. The van der Waals surface area contributed by atoms with Gasteiger partial charge in [0.15, 0.2) is 0 Å². The van der Waals surface area contributed by atoms with Gasteiger partial charge in [-0.3, -0.25) is 9.36 Å². The van der Waals surface area contributed by atoms with E-state index < -0.39 is 19.7 Å². The van der Waals surface area contributed by atoms with Crippen LogP contribution in [0.1, 0.15) is 0 Å². The smallest absolute Gasteiger partial charge is 0.355 e. The number of aliphatic carboxylic acids is 1. The van der Waals surface area contributed by atoms with E-state index in [9.17, 15) is 9.36 Å². The molecule has 7 nitrogen and oxygen atoms in total. The minimum absolute atomic E-state index is 0. The summed E-state index contributed by atoms with van der Waals surface area (Å²) < 4.78 is 13.7. The Kier molecular flexibility index (Phi) is 5.35. The highest BCUT2D eigenvalue weighted by Crippen LogP contribution is 2.38. The average molecular weight is 173 g/mol. The molecule has 10 heavy (non-hydrogen) atoms. The summed E-state index contributed by atoms with van der Waals surface area (Å²) in [6.45, 7) is 0. The molecule has 62 valence electrons. The van der Waals surface area contributed by atoms with Gasteiger partial charge in [-0.1, -0.05) is 0 Å². The lowest BCUT2D eigenvalue weighted by molar-refractivity contribution is -0.134. The summed E-state index contributed by atoms with van der Waals surface area (Å²) in [7, 11) is -4.05. The Morgan fingerprint density at radius 1 is 1.70 bits per heavy atom. The zero-order valence-corrected chi connectivity index (χ0v) is 5.75. The molecule has 8 heteroatoms. The van der Waals surface area contributed by atoms with Crippen LogP contribution in [0.25, 0.3) is 0 Å². The van der Waals surface area contributed by atoms with E-state index in [-0.39, 0.29) is 5.48 Å². The molecule has 0 saturated carbocycles. The summed E-state index contributed by atoms with van der Waals surface area (Å²) in [6, 6.07) is 0. The molecule has 0 aliphatic rings. The Bertz CT molecular complexity index is 156. The molecule has 0 aromatic rings. The summed E-state index contributed by atoms with van der Waals surface area (Å²) in [5, 5.41) is 7.91. The van der Waals surface area contributed by atoms with Gasteiger partial charge in [-0.05, 0) is 0 Å². The lowest BCUT2D eigenvalue weighted by Gasteiger charge is -2.01. The lowest BCUT2D eigenvalue weighted by Crippen LogP contribution is -2.07. The normalized spacial score (nSPS) is 15.0. The number of carboxylic acids is 1. The van der Waals surface area contributed by atoms with Gasteiger partial charge in [0.1, 0.15) is 6.16 Å². The standard InChI is InChI=1S/C2H6NO5P.H2O/c3-8-9(6,7)1-2(4)5;/h1,3H2,(H,4,5)(H,6,7);1H2. The lowest BCUT2D eigenvalue weighted by atomic mass is 10.8. The van der Waals surface area contributed by atoms with Gasteiger partial charge >= 0.3 is 13.6 Å². The maximum atomic E-state index is 10.2. The number of rotatable bonds is 3. The van der Waals surface area contributed by atoms with Crippen LogP contribution >= 0.6 is 7.60 Å². The SMILES string of the molecule is NOP(=O)(O)CC(=O)O.O. The Balaban J connectivity index is 0. The number of nitrogens with two attached hydrogens (primary N) is 1. The fourth-order valence-electron chi connectivity index (χ4n) is 0.208. The summed E-state index contributed by atoms with van der Waals surface area (Å²) >= 11 is 0. The summed E-state index contributed by atoms with van der Waals surface area (Å²) in [5.41, 5.74) is 0. The topological polar surface area (TPSA) is 141 Å². The summed E-state index contributed by atoms with van der Waals surface area (Å²) in [6.07, 6.45) is -0.969. The minimum Gasteiger partial charge on any atom is -0.481 e. The van der Waals surface area contributed by atoms with Crippen molar-refractivity contribution in [2.75, 3.05) is 6.16 Å². The van der Waals surface area contributed by atoms with Crippen LogP contribution in [0.2, 0.25) is 0 Å². The van der Waals surface area contributed by atoms with Crippen molar-refractivity contribution in [1.29, 1.82) is 0 Å². The predicted molar refractivity (Wildman–Crippen MR) is 31.2 cm³/mol. The molecule has 0 aromatic carbocycles. The second-order valence-corrected chi connectivity index (χ2v) is 3.10. The molecular weight excluding hydrogens is 165 g/mol. The van der Waals surface area contributed by atoms with Crippen LogP contribution in [0.5, 0.6) is 0 Å². The van der Waals surface area contributed by atoms with Crippen molar-refractivity contribution in [2.24, 2.45) is 5.90 Å². The minimum atomic E-state index is -4.05. The van der Waals surface area contributed by atoms with Gasteiger partial charge in [-0.2, -0.15) is 0 Å². The van der Waals surface area contributed by atoms with E-state index in [1.165, 1.54) is 0 Å². The van der Waals surface area contributed by atoms with Crippen LogP contribution in [0, 0.1) is 0 Å². The summed E-state index contributed by atoms with van der Waals surface area (Å²) in [5.74, 6) is 2.85. The molecule has 0 fully saturated rings. The number of carbonyl (C=O) groups is 1. The molecule has 0 aliphatic heterocycles. The molecule has 1 unspecified atom stereocenters. The highest BCUT2D eigenvalue weighted by molar-refractivity contribution is 7.53. The van der Waals surface area contributed by atoms with Crippen LogP contribution in [-0.2, 0) is 14.0 Å². The molecule has 0 aromatic heterocycles. The van der Waals surface area contributed by atoms with Crippen LogP contribution in [0.3, 0.4) is 0 Å². The van der Waals surface area contributed by atoms with Crippen molar-refractivity contribution in [3.63, 3.8) is 0 Å². The third kappa shape index (κ3) is 5.67. The van der Waals surface area contributed by atoms with E-state index in [0.29, 0.717) is 0 Å². The van der Waals surface area contributed by atoms with Crippen molar-refractivity contribution in [3.05, 3.63) is 0 Å². The molecule has 0 saturated heterocycles. The predicted octanol–water partition coefficient (Wildman–Crippen LogP) is -1.68. The number of hydrogen-bond donors (Lipinski definition) is 3. The van der Waals surface area contributed by atoms with Crippen molar-refractivity contribution in [2.45, 2.75) is 0 Å². The van der Waals surface area contributed by atoms with Gasteiger partial charge < -0.3 is 15.5 Å². The van der Waals surface area contributed by atoms with E-state index in [0.717, 1.165) is 0 Å². The highest BCUT2D eigenvalue weighted by Gasteiger charge is 2.22. The molecule has 0 radical (unpaired) electrons. The Morgan fingerprint density at radius 2 is 2.10 bits per heavy atom. The van der Waals surface area contributed by atoms with Gasteiger partial charge in [-0.15, -0.1) is 0 Å². The van der Waals surface area contributed by atoms with Crippen LogP contribution in [0.4, 0.5) is 0 Å². The fraction of sp³-hybridized carbons (Fsp3) is 0.500. The van der Waals surface area contributed by atoms with Gasteiger partial charge in [0.05, 0.1) is 0 Å². The zero-order valence-electron chi connectivity index (χ0n) is 4.85. The Hall–Kier alpha value is -0.460. The maximum Gasteiger partial charge on any atom is 0.355 e. The molecule has 0 rings (SSSR count). The van der Waals surface area contributed by atoms with Gasteiger partial charge in [0.2, 0.25) is 0 Å². The Labute approximate surface area is 56.2 Å². The van der Waals surface area contributed by atoms with Crippen molar-refractivity contribution < 1.29 is 29.5 Å². The molecule has 6 N–H and O–H groups in total. The highest BCUT2D eigenvalue weighted by atomic mass is 31.2. The van der Waals surface area contributed by atoms with E-state index >= 15 is 0 Å². The second-order valence-electron chi connectivity index (χ2n) is 1.29. The molecule has 1 atom stereocenters. The molecule has 0 heterocycles. The molecule has 0 spiro atoms. The molecular formula is C2H8NO6P. The van der Waals surface area contributed by atoms with E-state index in [2.05, 4.69) is 10.5 Å². The van der Waals surface area contributed by atoms with Crippen LogP contribution in [0.15, 0.2) is 0 Å². The van der Waals surface area contributed by atoms with Crippen molar-refractivity contribution in [3.8, 4) is 0 Å². The monoisotopic (exact) mass is 173 g/mol. The van der Waals surface area contributed by atoms with Gasteiger partial charge in [0, 0.05) is 0 Å². The largest absolute Gasteiger partial charge is 0.481 e. The van der Waals surface area contributed by atoms with Crippen molar-refractivity contribution >= 4 is 13.6 Å². The molecule has 0 amide bonds. The first kappa shape index (κ1) is 12.2. The zero-order chi connectivity index (χ0) is 7.49. The first-order valence-corrected chi connectivity index (χ1v) is 3.66. The third-order valence-electron chi connectivity index (χ3n) is 0.500. The van der Waals surface area contributed by atoms with Crippen LogP contribution < -0.4 is 5.90 Å². The fourth-order valence-corrected chi connectivity index (χ4v) is 0.625. The van der Waals surface area contributed by atoms with Crippen LogP contribution in [-0.4, -0.2) is 27.6 Å². The van der Waals surface area contributed by atoms with Gasteiger partial charge in [-0.25, -0.2) is 10.5 Å². The molecule has 0 bridgehead atoms. The number of carboxylic acid groups (broad SMARTS) is 1. The van der Waals surface area contributed by atoms with E-state index in [1.807, 2.05) is 0 Å². The average Bonchev–Trinajstić information content (AvgIpc) is 1.63. The van der Waals surface area contributed by atoms with E-state index in [4.69, 9.17) is 10.00 Å². The number of hydrogen-bond acceptors (Lipinski definition) is 4. The van der Waals surface area contributed by atoms with E-state index in [1.54, 1.807) is 0 Å². The first-order chi connectivity index (χ1) is 3.98. The maximum absolute atomic E-state index is 10.2. The molecule has 0 aliphatic carbocycles. The third-order valence-corrected chi connectivity index (χ3v) is 1.50. The van der Waals surface area contributed by atoms with Crippen molar-refractivity contribution in [1.82, 2.24) is 0 Å². The summed E-state index contributed by atoms with van der Waals surface area (Å²) in [4.78, 5) is 18.0. The quantitative estimate of drug-likeness (QED) is 0.343.